The summed E-state index contributed by atoms with van der Waals surface area (Å²) < 4.78 is 11.6. The first kappa shape index (κ1) is 20.3. The number of ether oxygens (including phenoxy) is 2. The molecule has 0 aromatic carbocycles. The van der Waals surface area contributed by atoms with Crippen LogP contribution in [0.1, 0.15) is 48.0 Å². The molecular formula is C17H32O4. The molecule has 0 fully saturated rings. The summed E-state index contributed by atoms with van der Waals surface area (Å²) in [5, 5.41) is 0. The van der Waals surface area contributed by atoms with Crippen molar-refractivity contribution < 1.29 is 19.1 Å². The van der Waals surface area contributed by atoms with Crippen LogP contribution in [0.15, 0.2) is 0 Å². The van der Waals surface area contributed by atoms with E-state index in [1.165, 1.54) is 0 Å². The molecule has 21 heavy (non-hydrogen) atoms. The number of hydrogen-bond acceptors (Lipinski definition) is 4. The SMILES string of the molecule is CCOC(CC(OCC)C(C=O)C(C)C)C(C=O)C(C)C. The zero-order chi connectivity index (χ0) is 16.4. The molecule has 0 aliphatic rings. The molecule has 4 unspecified atom stereocenters. The molecule has 4 heteroatoms. The summed E-state index contributed by atoms with van der Waals surface area (Å²) in [5.41, 5.74) is 0. The predicted molar refractivity (Wildman–Crippen MR) is 84.2 cm³/mol. The highest BCUT2D eigenvalue weighted by Crippen LogP contribution is 2.26. The fourth-order valence-electron chi connectivity index (χ4n) is 2.68. The number of rotatable bonds is 12. The molecule has 0 saturated heterocycles. The Bertz CT molecular complexity index is 261. The third-order valence-electron chi connectivity index (χ3n) is 3.94. The largest absolute Gasteiger partial charge is 0.378 e. The predicted octanol–water partition coefficient (Wildman–Crippen LogP) is 3.13. The summed E-state index contributed by atoms with van der Waals surface area (Å²) in [5.74, 6) is 0.0601. The first-order chi connectivity index (χ1) is 9.92. The Labute approximate surface area is 129 Å². The molecule has 0 aliphatic carbocycles. The average Bonchev–Trinajstić information content (AvgIpc) is 2.39. The minimum absolute atomic E-state index is 0.174. The topological polar surface area (TPSA) is 52.6 Å². The molecular weight excluding hydrogens is 268 g/mol. The molecule has 0 aromatic heterocycles. The summed E-state index contributed by atoms with van der Waals surface area (Å²) >= 11 is 0. The van der Waals surface area contributed by atoms with Crippen molar-refractivity contribution in [3.05, 3.63) is 0 Å². The maximum Gasteiger partial charge on any atom is 0.125 e. The van der Waals surface area contributed by atoms with Crippen LogP contribution in [-0.2, 0) is 19.1 Å². The quantitative estimate of drug-likeness (QED) is 0.520. The summed E-state index contributed by atoms with van der Waals surface area (Å²) in [4.78, 5) is 22.8. The fraction of sp³-hybridized carbons (Fsp3) is 0.882. The van der Waals surface area contributed by atoms with Gasteiger partial charge in [0.15, 0.2) is 0 Å². The molecule has 0 saturated carbocycles. The lowest BCUT2D eigenvalue weighted by Gasteiger charge is -2.32. The van der Waals surface area contributed by atoms with E-state index in [1.807, 2.05) is 41.5 Å². The van der Waals surface area contributed by atoms with E-state index in [0.29, 0.717) is 19.6 Å². The van der Waals surface area contributed by atoms with Gasteiger partial charge in [-0.25, -0.2) is 0 Å². The number of carbonyl (C=O) groups is 2. The number of hydrogen-bond donors (Lipinski definition) is 0. The second-order valence-corrected chi connectivity index (χ2v) is 6.14. The summed E-state index contributed by atoms with van der Waals surface area (Å²) in [6, 6.07) is 0. The van der Waals surface area contributed by atoms with Gasteiger partial charge in [-0.1, -0.05) is 27.7 Å². The van der Waals surface area contributed by atoms with E-state index in [9.17, 15) is 9.59 Å². The molecule has 0 bridgehead atoms. The van der Waals surface area contributed by atoms with Gasteiger partial charge in [-0.05, 0) is 25.7 Å². The smallest absolute Gasteiger partial charge is 0.125 e. The van der Waals surface area contributed by atoms with Gasteiger partial charge >= 0.3 is 0 Å². The highest BCUT2D eigenvalue weighted by molar-refractivity contribution is 5.56. The van der Waals surface area contributed by atoms with E-state index in [0.717, 1.165) is 12.6 Å². The lowest BCUT2D eigenvalue weighted by molar-refractivity contribution is -0.125. The summed E-state index contributed by atoms with van der Waals surface area (Å²) in [6.45, 7) is 13.0. The van der Waals surface area contributed by atoms with Gasteiger partial charge in [0.1, 0.15) is 12.6 Å². The van der Waals surface area contributed by atoms with Crippen molar-refractivity contribution in [1.29, 1.82) is 0 Å². The Balaban J connectivity index is 5.11. The van der Waals surface area contributed by atoms with Crippen molar-refractivity contribution in [2.45, 2.75) is 60.2 Å². The van der Waals surface area contributed by atoms with Crippen LogP contribution >= 0.6 is 0 Å². The molecule has 0 aromatic rings. The Morgan fingerprint density at radius 1 is 0.762 bits per heavy atom. The molecule has 4 atom stereocenters. The Kier molecular flexibility index (Phi) is 10.5. The molecule has 0 amide bonds. The van der Waals surface area contributed by atoms with Crippen LogP contribution in [0.2, 0.25) is 0 Å². The van der Waals surface area contributed by atoms with Gasteiger partial charge in [0.25, 0.3) is 0 Å². The second-order valence-electron chi connectivity index (χ2n) is 6.14. The molecule has 0 aliphatic heterocycles. The van der Waals surface area contributed by atoms with Gasteiger partial charge in [0, 0.05) is 31.5 Å². The van der Waals surface area contributed by atoms with Gasteiger partial charge in [0.2, 0.25) is 0 Å². The van der Waals surface area contributed by atoms with E-state index in [-0.39, 0.29) is 35.9 Å². The zero-order valence-corrected chi connectivity index (χ0v) is 14.4. The van der Waals surface area contributed by atoms with Crippen molar-refractivity contribution in [2.24, 2.45) is 23.7 Å². The van der Waals surface area contributed by atoms with Gasteiger partial charge in [-0.2, -0.15) is 0 Å². The van der Waals surface area contributed by atoms with Crippen LogP contribution in [0.3, 0.4) is 0 Å². The van der Waals surface area contributed by atoms with Gasteiger partial charge in [0.05, 0.1) is 12.2 Å². The minimum Gasteiger partial charge on any atom is -0.378 e. The molecule has 0 heterocycles. The highest BCUT2D eigenvalue weighted by Gasteiger charge is 2.32. The van der Waals surface area contributed by atoms with Crippen molar-refractivity contribution >= 4 is 12.6 Å². The molecule has 0 rings (SSSR count). The monoisotopic (exact) mass is 300 g/mol. The number of aldehydes is 2. The fourth-order valence-corrected chi connectivity index (χ4v) is 2.68. The van der Waals surface area contributed by atoms with Gasteiger partial charge in [-0.3, -0.25) is 0 Å². The normalized spacial score (nSPS) is 17.5. The highest BCUT2D eigenvalue weighted by atomic mass is 16.5. The lowest BCUT2D eigenvalue weighted by Crippen LogP contribution is -2.38. The van der Waals surface area contributed by atoms with Crippen molar-refractivity contribution in [3.63, 3.8) is 0 Å². The second kappa shape index (κ2) is 10.9. The molecule has 124 valence electrons. The summed E-state index contributed by atoms with van der Waals surface area (Å²) in [6.07, 6.45) is 2.11. The van der Waals surface area contributed by atoms with Crippen LogP contribution in [0.5, 0.6) is 0 Å². The van der Waals surface area contributed by atoms with Crippen molar-refractivity contribution in [2.75, 3.05) is 13.2 Å². The van der Waals surface area contributed by atoms with Crippen LogP contribution in [-0.4, -0.2) is 38.0 Å². The number of carbonyl (C=O) groups excluding carboxylic acids is 2. The van der Waals surface area contributed by atoms with Crippen LogP contribution < -0.4 is 0 Å². The maximum absolute atomic E-state index is 11.4. The molecule has 0 radical (unpaired) electrons. The Hall–Kier alpha value is -0.740. The first-order valence-electron chi connectivity index (χ1n) is 8.06. The average molecular weight is 300 g/mol. The lowest BCUT2D eigenvalue weighted by atomic mass is 9.83. The maximum atomic E-state index is 11.4. The Morgan fingerprint density at radius 3 is 1.29 bits per heavy atom. The van der Waals surface area contributed by atoms with Gasteiger partial charge in [-0.15, -0.1) is 0 Å². The van der Waals surface area contributed by atoms with E-state index in [1.54, 1.807) is 0 Å². The summed E-state index contributed by atoms with van der Waals surface area (Å²) in [7, 11) is 0. The zero-order valence-electron chi connectivity index (χ0n) is 14.4. The molecule has 0 spiro atoms. The standard InChI is InChI=1S/C17H32O4/c1-7-20-16(14(10-18)12(3)4)9-17(21-8-2)15(11-19)13(5)6/h10-17H,7-9H2,1-6H3. The molecule has 0 N–H and O–H groups in total. The molecule has 4 nitrogen and oxygen atoms in total. The van der Waals surface area contributed by atoms with Crippen LogP contribution in [0.4, 0.5) is 0 Å². The van der Waals surface area contributed by atoms with Crippen LogP contribution in [0, 0.1) is 23.7 Å². The first-order valence-corrected chi connectivity index (χ1v) is 8.06. The minimum atomic E-state index is -0.203. The van der Waals surface area contributed by atoms with E-state index in [4.69, 9.17) is 9.47 Å². The third kappa shape index (κ3) is 6.70. The van der Waals surface area contributed by atoms with Crippen molar-refractivity contribution in [1.82, 2.24) is 0 Å². The van der Waals surface area contributed by atoms with E-state index >= 15 is 0 Å². The Morgan fingerprint density at radius 2 is 1.10 bits per heavy atom. The van der Waals surface area contributed by atoms with Crippen molar-refractivity contribution in [3.8, 4) is 0 Å². The van der Waals surface area contributed by atoms with Crippen LogP contribution in [0.25, 0.3) is 0 Å². The van der Waals surface area contributed by atoms with Gasteiger partial charge < -0.3 is 19.1 Å². The van der Waals surface area contributed by atoms with E-state index in [2.05, 4.69) is 0 Å². The van der Waals surface area contributed by atoms with E-state index < -0.39 is 0 Å². The third-order valence-corrected chi connectivity index (χ3v) is 3.94.